The van der Waals surface area contributed by atoms with Gasteiger partial charge in [0.25, 0.3) is 5.91 Å². The number of aryl methyl sites for hydroxylation is 2. The lowest BCUT2D eigenvalue weighted by Crippen LogP contribution is -2.36. The number of fused-ring (bicyclic) bond motifs is 1. The van der Waals surface area contributed by atoms with Crippen molar-refractivity contribution >= 4 is 5.91 Å². The van der Waals surface area contributed by atoms with Gasteiger partial charge in [-0.25, -0.2) is 0 Å². The van der Waals surface area contributed by atoms with Crippen LogP contribution in [-0.4, -0.2) is 16.9 Å². The highest BCUT2D eigenvalue weighted by Gasteiger charge is 2.19. The number of nitrogens with one attached hydrogen (secondary N) is 1. The second kappa shape index (κ2) is 6.08. The highest BCUT2D eigenvalue weighted by molar-refractivity contribution is 5.95. The molecule has 0 spiro atoms. The molecule has 0 aliphatic heterocycles. The molecule has 1 aromatic heterocycles. The molecule has 0 saturated carbocycles. The molecule has 3 nitrogen and oxygen atoms in total. The molecule has 3 rings (SSSR count). The Hall–Kier alpha value is -2.16. The molecule has 1 heterocycles. The molecule has 1 aliphatic rings. The third kappa shape index (κ3) is 3.13. The summed E-state index contributed by atoms with van der Waals surface area (Å²) in [4.78, 5) is 16.6. The van der Waals surface area contributed by atoms with Gasteiger partial charge >= 0.3 is 0 Å². The first-order valence-corrected chi connectivity index (χ1v) is 7.53. The van der Waals surface area contributed by atoms with Gasteiger partial charge in [0.05, 0.1) is 5.56 Å². The van der Waals surface area contributed by atoms with Crippen LogP contribution in [0.2, 0.25) is 0 Å². The number of aromatic nitrogens is 1. The molecule has 1 N–H and O–H groups in total. The van der Waals surface area contributed by atoms with E-state index in [2.05, 4.69) is 34.6 Å². The van der Waals surface area contributed by atoms with Crippen molar-refractivity contribution in [3.63, 3.8) is 0 Å². The minimum Gasteiger partial charge on any atom is -0.349 e. The molecule has 0 fully saturated rings. The molecule has 1 atom stereocenters. The van der Waals surface area contributed by atoms with Crippen molar-refractivity contribution in [2.24, 2.45) is 0 Å². The normalized spacial score (nSPS) is 17.7. The Balaban J connectivity index is 1.74. The standard InChI is InChI=1S/C18H20N2O/c1-13-17(10-5-11-19-13)18(21)20-16-9-4-8-14-6-2-3-7-15(14)12-16/h2-3,5-7,10-11,16H,4,8-9,12H2,1H3,(H,20,21). The number of carbonyl (C=O) groups excluding carboxylic acids is 1. The average molecular weight is 280 g/mol. The van der Waals surface area contributed by atoms with Crippen molar-refractivity contribution in [3.05, 3.63) is 65.0 Å². The van der Waals surface area contributed by atoms with Crippen molar-refractivity contribution in [1.82, 2.24) is 10.3 Å². The first-order valence-electron chi connectivity index (χ1n) is 7.53. The first-order chi connectivity index (χ1) is 10.2. The number of benzene rings is 1. The van der Waals surface area contributed by atoms with Crippen LogP contribution in [0.25, 0.3) is 0 Å². The van der Waals surface area contributed by atoms with Gasteiger partial charge in [0, 0.05) is 17.9 Å². The first kappa shape index (κ1) is 13.8. The van der Waals surface area contributed by atoms with Gasteiger partial charge in [0.1, 0.15) is 0 Å². The summed E-state index contributed by atoms with van der Waals surface area (Å²) >= 11 is 0. The third-order valence-corrected chi connectivity index (χ3v) is 4.17. The van der Waals surface area contributed by atoms with E-state index >= 15 is 0 Å². The van der Waals surface area contributed by atoms with Crippen LogP contribution in [0.5, 0.6) is 0 Å². The number of rotatable bonds is 2. The zero-order chi connectivity index (χ0) is 14.7. The predicted molar refractivity (Wildman–Crippen MR) is 83.3 cm³/mol. The molecule has 21 heavy (non-hydrogen) atoms. The zero-order valence-electron chi connectivity index (χ0n) is 12.3. The van der Waals surface area contributed by atoms with Crippen molar-refractivity contribution in [2.75, 3.05) is 0 Å². The number of hydrogen-bond acceptors (Lipinski definition) is 2. The molecule has 0 saturated heterocycles. The fraction of sp³-hybridized carbons (Fsp3) is 0.333. The van der Waals surface area contributed by atoms with Gasteiger partial charge in [-0.15, -0.1) is 0 Å². The van der Waals surface area contributed by atoms with Crippen LogP contribution >= 0.6 is 0 Å². The average Bonchev–Trinajstić information content (AvgIpc) is 2.69. The summed E-state index contributed by atoms with van der Waals surface area (Å²) in [5.74, 6) is -0.00928. The maximum Gasteiger partial charge on any atom is 0.253 e. The molecule has 0 radical (unpaired) electrons. The second-order valence-electron chi connectivity index (χ2n) is 5.67. The van der Waals surface area contributed by atoms with Crippen molar-refractivity contribution in [3.8, 4) is 0 Å². The molecule has 108 valence electrons. The minimum absolute atomic E-state index is 0.00928. The van der Waals surface area contributed by atoms with Crippen LogP contribution < -0.4 is 5.32 Å². The molecule has 1 aromatic carbocycles. The fourth-order valence-electron chi connectivity index (χ4n) is 3.02. The van der Waals surface area contributed by atoms with E-state index in [-0.39, 0.29) is 11.9 Å². The van der Waals surface area contributed by atoms with E-state index < -0.39 is 0 Å². The van der Waals surface area contributed by atoms with Crippen LogP contribution in [0.15, 0.2) is 42.6 Å². The van der Waals surface area contributed by atoms with Gasteiger partial charge in [-0.3, -0.25) is 9.78 Å². The summed E-state index contributed by atoms with van der Waals surface area (Å²) in [7, 11) is 0. The Labute approximate surface area is 125 Å². The Morgan fingerprint density at radius 3 is 2.81 bits per heavy atom. The topological polar surface area (TPSA) is 42.0 Å². The van der Waals surface area contributed by atoms with E-state index in [0.29, 0.717) is 5.56 Å². The lowest BCUT2D eigenvalue weighted by atomic mass is 10.0. The van der Waals surface area contributed by atoms with Crippen LogP contribution in [0.4, 0.5) is 0 Å². The lowest BCUT2D eigenvalue weighted by Gasteiger charge is -2.17. The molecular weight excluding hydrogens is 260 g/mol. The van der Waals surface area contributed by atoms with E-state index in [0.717, 1.165) is 31.4 Å². The molecule has 2 aromatic rings. The van der Waals surface area contributed by atoms with E-state index in [1.807, 2.05) is 19.1 Å². The predicted octanol–water partition coefficient (Wildman–Crippen LogP) is 3.07. The Bertz CT molecular complexity index is 651. The maximum atomic E-state index is 12.4. The number of amides is 1. The van der Waals surface area contributed by atoms with Crippen LogP contribution in [0.1, 0.15) is 40.0 Å². The molecule has 3 heteroatoms. The van der Waals surface area contributed by atoms with Gasteiger partial charge in [-0.05, 0) is 55.9 Å². The third-order valence-electron chi connectivity index (χ3n) is 4.17. The van der Waals surface area contributed by atoms with Crippen molar-refractivity contribution in [1.29, 1.82) is 0 Å². The number of hydrogen-bond donors (Lipinski definition) is 1. The van der Waals surface area contributed by atoms with Gasteiger partial charge in [-0.2, -0.15) is 0 Å². The maximum absolute atomic E-state index is 12.4. The second-order valence-corrected chi connectivity index (χ2v) is 5.67. The largest absolute Gasteiger partial charge is 0.349 e. The monoisotopic (exact) mass is 280 g/mol. The van der Waals surface area contributed by atoms with Crippen molar-refractivity contribution in [2.45, 2.75) is 38.6 Å². The summed E-state index contributed by atoms with van der Waals surface area (Å²) < 4.78 is 0. The quantitative estimate of drug-likeness (QED) is 0.859. The number of pyridine rings is 1. The summed E-state index contributed by atoms with van der Waals surface area (Å²) in [6.45, 7) is 1.87. The van der Waals surface area contributed by atoms with Gasteiger partial charge < -0.3 is 5.32 Å². The van der Waals surface area contributed by atoms with Crippen molar-refractivity contribution < 1.29 is 4.79 Å². The van der Waals surface area contributed by atoms with E-state index in [1.54, 1.807) is 6.20 Å². The Kier molecular flexibility index (Phi) is 4.00. The van der Waals surface area contributed by atoms with Crippen LogP contribution in [0, 0.1) is 6.92 Å². The van der Waals surface area contributed by atoms with Crippen LogP contribution in [0.3, 0.4) is 0 Å². The summed E-state index contributed by atoms with van der Waals surface area (Å²) in [6.07, 6.45) is 5.89. The van der Waals surface area contributed by atoms with Gasteiger partial charge in [0.2, 0.25) is 0 Å². The van der Waals surface area contributed by atoms with Gasteiger partial charge in [0.15, 0.2) is 0 Å². The van der Waals surface area contributed by atoms with E-state index in [1.165, 1.54) is 11.1 Å². The van der Waals surface area contributed by atoms with E-state index in [4.69, 9.17) is 0 Å². The summed E-state index contributed by atoms with van der Waals surface area (Å²) in [5.41, 5.74) is 4.24. The number of carbonyl (C=O) groups is 1. The zero-order valence-corrected chi connectivity index (χ0v) is 12.3. The highest BCUT2D eigenvalue weighted by atomic mass is 16.1. The van der Waals surface area contributed by atoms with Gasteiger partial charge in [-0.1, -0.05) is 24.3 Å². The molecular formula is C18H20N2O. The summed E-state index contributed by atoms with van der Waals surface area (Å²) in [6, 6.07) is 12.4. The fourth-order valence-corrected chi connectivity index (χ4v) is 3.02. The SMILES string of the molecule is Cc1ncccc1C(=O)NC1CCCc2ccccc2C1. The number of nitrogens with zero attached hydrogens (tertiary/aromatic N) is 1. The minimum atomic E-state index is -0.00928. The Morgan fingerprint density at radius 1 is 1.19 bits per heavy atom. The molecule has 1 amide bonds. The lowest BCUT2D eigenvalue weighted by molar-refractivity contribution is 0.0934. The summed E-state index contributed by atoms with van der Waals surface area (Å²) in [5, 5.41) is 3.18. The molecule has 1 aliphatic carbocycles. The Morgan fingerprint density at radius 2 is 2.00 bits per heavy atom. The van der Waals surface area contributed by atoms with E-state index in [9.17, 15) is 4.79 Å². The van der Waals surface area contributed by atoms with Crippen LogP contribution in [-0.2, 0) is 12.8 Å². The smallest absolute Gasteiger partial charge is 0.253 e. The highest BCUT2D eigenvalue weighted by Crippen LogP contribution is 2.21. The molecule has 0 bridgehead atoms. The molecule has 1 unspecified atom stereocenters.